The van der Waals surface area contributed by atoms with Gasteiger partial charge < -0.3 is 14.4 Å². The summed E-state index contributed by atoms with van der Waals surface area (Å²) in [6.45, 7) is 4.62. The van der Waals surface area contributed by atoms with Gasteiger partial charge in [-0.1, -0.05) is 0 Å². The van der Waals surface area contributed by atoms with E-state index < -0.39 is 0 Å². The van der Waals surface area contributed by atoms with Gasteiger partial charge >= 0.3 is 0 Å². The molecular weight excluding hydrogens is 314 g/mol. The highest BCUT2D eigenvalue weighted by molar-refractivity contribution is 6.22. The molecule has 25 heavy (non-hydrogen) atoms. The van der Waals surface area contributed by atoms with E-state index in [2.05, 4.69) is 27.0 Å². The number of ether oxygens (including phenoxy) is 2. The number of piperidine rings is 1. The van der Waals surface area contributed by atoms with Crippen LogP contribution in [0.2, 0.25) is 0 Å². The van der Waals surface area contributed by atoms with E-state index in [1.54, 1.807) is 7.11 Å². The predicted molar refractivity (Wildman–Crippen MR) is 99.4 cm³/mol. The van der Waals surface area contributed by atoms with Gasteiger partial charge in [0.05, 0.1) is 24.1 Å². The molecule has 2 aliphatic heterocycles. The Bertz CT molecular complexity index is 795. The zero-order chi connectivity index (χ0) is 17.2. The number of methoxy groups -OCH3 is 1. The van der Waals surface area contributed by atoms with E-state index in [0.29, 0.717) is 12.7 Å². The van der Waals surface area contributed by atoms with Crippen LogP contribution >= 0.6 is 0 Å². The molecule has 1 saturated heterocycles. The van der Waals surface area contributed by atoms with Gasteiger partial charge in [-0.05, 0) is 50.1 Å². The zero-order valence-electron chi connectivity index (χ0n) is 14.7. The zero-order valence-corrected chi connectivity index (χ0v) is 14.7. The third-order valence-corrected chi connectivity index (χ3v) is 4.88. The first-order valence-electron chi connectivity index (χ1n) is 8.88. The molecule has 1 aromatic heterocycles. The minimum atomic E-state index is 0.374. The highest BCUT2D eigenvalue weighted by Crippen LogP contribution is 2.36. The number of aromatic nitrogens is 1. The topological polar surface area (TPSA) is 47.0 Å². The molecule has 1 aromatic carbocycles. The molecule has 2 aromatic rings. The number of nitrogens with zero attached hydrogens (tertiary/aromatic N) is 3. The third kappa shape index (κ3) is 3.12. The van der Waals surface area contributed by atoms with Crippen molar-refractivity contribution in [2.24, 2.45) is 4.99 Å². The molecule has 0 bridgehead atoms. The van der Waals surface area contributed by atoms with Crippen molar-refractivity contribution in [3.63, 3.8) is 0 Å². The van der Waals surface area contributed by atoms with Crippen molar-refractivity contribution in [1.29, 1.82) is 0 Å². The third-order valence-electron chi connectivity index (χ3n) is 4.88. The smallest absolute Gasteiger partial charge is 0.129 e. The fraction of sp³-hybridized carbons (Fsp3) is 0.400. The average Bonchev–Trinajstić information content (AvgIpc) is 2.64. The average molecular weight is 337 g/mol. The number of fused-ring (bicyclic) bond motifs is 1. The maximum atomic E-state index is 5.61. The first-order valence-corrected chi connectivity index (χ1v) is 8.88. The van der Waals surface area contributed by atoms with Crippen LogP contribution in [0.4, 0.5) is 11.5 Å². The van der Waals surface area contributed by atoms with Crippen molar-refractivity contribution in [3.05, 3.63) is 47.7 Å². The van der Waals surface area contributed by atoms with Crippen LogP contribution in [-0.2, 0) is 4.74 Å². The minimum absolute atomic E-state index is 0.374. The lowest BCUT2D eigenvalue weighted by atomic mass is 9.96. The Morgan fingerprint density at radius 1 is 1.16 bits per heavy atom. The van der Waals surface area contributed by atoms with E-state index in [9.17, 15) is 0 Å². The lowest BCUT2D eigenvalue weighted by molar-refractivity contribution is 0.0818. The number of hydrogen-bond acceptors (Lipinski definition) is 5. The second-order valence-corrected chi connectivity index (χ2v) is 6.40. The molecule has 0 atom stereocenters. The van der Waals surface area contributed by atoms with Gasteiger partial charge in [-0.15, -0.1) is 0 Å². The molecule has 1 fully saturated rings. The molecule has 5 nitrogen and oxygen atoms in total. The molecule has 0 N–H and O–H groups in total. The number of anilines is 1. The standard InChI is InChI=1S/C20H23N3O2/c1-3-25-16-4-5-18-17(13-16)20(22-18)14-6-9-21-19(12-14)23-10-7-15(24-2)8-11-23/h4-6,9,12-13,15H,3,7-8,10-11H2,1-2H3. The molecule has 2 aliphatic rings. The van der Waals surface area contributed by atoms with E-state index in [1.807, 2.05) is 31.3 Å². The molecule has 3 heterocycles. The molecule has 0 spiro atoms. The Kier molecular flexibility index (Phi) is 4.40. The monoisotopic (exact) mass is 337 g/mol. The van der Waals surface area contributed by atoms with Gasteiger partial charge in [-0.25, -0.2) is 9.98 Å². The van der Waals surface area contributed by atoms with Crippen LogP contribution < -0.4 is 9.64 Å². The second-order valence-electron chi connectivity index (χ2n) is 6.40. The normalized spacial score (nSPS) is 16.9. The van der Waals surface area contributed by atoms with Crippen molar-refractivity contribution in [2.75, 3.05) is 31.7 Å². The van der Waals surface area contributed by atoms with Gasteiger partial charge in [0, 0.05) is 37.5 Å². The van der Waals surface area contributed by atoms with Crippen LogP contribution in [0.25, 0.3) is 0 Å². The summed E-state index contributed by atoms with van der Waals surface area (Å²) in [5.74, 6) is 1.91. The molecule has 0 radical (unpaired) electrons. The Hall–Kier alpha value is -2.40. The van der Waals surface area contributed by atoms with Gasteiger partial charge in [0.15, 0.2) is 0 Å². The fourth-order valence-electron chi connectivity index (χ4n) is 3.47. The number of pyridine rings is 1. The molecular formula is C20H23N3O2. The summed E-state index contributed by atoms with van der Waals surface area (Å²) in [5.41, 5.74) is 4.31. The van der Waals surface area contributed by atoms with Crippen LogP contribution in [0.15, 0.2) is 41.5 Å². The molecule has 0 saturated carbocycles. The maximum Gasteiger partial charge on any atom is 0.129 e. The van der Waals surface area contributed by atoms with Crippen LogP contribution in [0.3, 0.4) is 0 Å². The summed E-state index contributed by atoms with van der Waals surface area (Å²) in [6.07, 6.45) is 4.34. The van der Waals surface area contributed by atoms with Crippen molar-refractivity contribution in [1.82, 2.24) is 4.98 Å². The van der Waals surface area contributed by atoms with Crippen molar-refractivity contribution >= 4 is 17.2 Å². The maximum absolute atomic E-state index is 5.61. The van der Waals surface area contributed by atoms with E-state index in [1.165, 1.54) is 0 Å². The van der Waals surface area contributed by atoms with Crippen molar-refractivity contribution < 1.29 is 9.47 Å². The van der Waals surface area contributed by atoms with Gasteiger partial charge in [-0.2, -0.15) is 0 Å². The largest absolute Gasteiger partial charge is 0.494 e. The van der Waals surface area contributed by atoms with Crippen LogP contribution in [0.1, 0.15) is 30.9 Å². The van der Waals surface area contributed by atoms with Gasteiger partial charge in [0.2, 0.25) is 0 Å². The van der Waals surface area contributed by atoms with Gasteiger partial charge in [0.1, 0.15) is 11.6 Å². The summed E-state index contributed by atoms with van der Waals surface area (Å²) in [7, 11) is 1.79. The Morgan fingerprint density at radius 2 is 2.00 bits per heavy atom. The predicted octanol–water partition coefficient (Wildman–Crippen LogP) is 3.58. The summed E-state index contributed by atoms with van der Waals surface area (Å²) in [5, 5.41) is 0. The number of benzene rings is 1. The number of hydrogen-bond donors (Lipinski definition) is 0. The quantitative estimate of drug-likeness (QED) is 0.714. The number of rotatable bonds is 5. The Morgan fingerprint density at radius 3 is 2.76 bits per heavy atom. The van der Waals surface area contributed by atoms with Gasteiger partial charge in [0.25, 0.3) is 0 Å². The van der Waals surface area contributed by atoms with E-state index in [-0.39, 0.29) is 0 Å². The summed E-state index contributed by atoms with van der Waals surface area (Å²) < 4.78 is 11.1. The lowest BCUT2D eigenvalue weighted by Gasteiger charge is -2.32. The summed E-state index contributed by atoms with van der Waals surface area (Å²) in [4.78, 5) is 11.6. The first-order chi connectivity index (χ1) is 12.3. The molecule has 0 unspecified atom stereocenters. The van der Waals surface area contributed by atoms with Crippen molar-refractivity contribution in [3.8, 4) is 5.75 Å². The van der Waals surface area contributed by atoms with E-state index in [4.69, 9.17) is 9.47 Å². The molecule has 0 aliphatic carbocycles. The molecule has 4 rings (SSSR count). The molecule has 130 valence electrons. The lowest BCUT2D eigenvalue weighted by Crippen LogP contribution is -2.37. The summed E-state index contributed by atoms with van der Waals surface area (Å²) >= 11 is 0. The Labute approximate surface area is 148 Å². The second kappa shape index (κ2) is 6.84. The van der Waals surface area contributed by atoms with Crippen LogP contribution in [0.5, 0.6) is 5.75 Å². The SMILES string of the molecule is CCOc1ccc2c(c1)C(c1ccnc(N3CCC(OC)CC3)c1)=N2. The van der Waals surface area contributed by atoms with E-state index in [0.717, 1.165) is 60.0 Å². The fourth-order valence-corrected chi connectivity index (χ4v) is 3.47. The van der Waals surface area contributed by atoms with E-state index >= 15 is 0 Å². The van der Waals surface area contributed by atoms with Crippen LogP contribution in [0, 0.1) is 0 Å². The minimum Gasteiger partial charge on any atom is -0.494 e. The number of aliphatic imine (C=N–C) groups is 1. The van der Waals surface area contributed by atoms with Crippen LogP contribution in [-0.4, -0.2) is 43.6 Å². The summed E-state index contributed by atoms with van der Waals surface area (Å²) in [6, 6.07) is 10.2. The highest BCUT2D eigenvalue weighted by Gasteiger charge is 2.23. The molecule has 0 amide bonds. The Balaban J connectivity index is 1.54. The van der Waals surface area contributed by atoms with Crippen molar-refractivity contribution in [2.45, 2.75) is 25.9 Å². The van der Waals surface area contributed by atoms with Gasteiger partial charge in [-0.3, -0.25) is 0 Å². The highest BCUT2D eigenvalue weighted by atomic mass is 16.5. The first kappa shape index (κ1) is 16.1. The molecule has 5 heteroatoms.